The lowest BCUT2D eigenvalue weighted by Gasteiger charge is -2.06. The van der Waals surface area contributed by atoms with E-state index in [9.17, 15) is 9.18 Å². The zero-order valence-electron chi connectivity index (χ0n) is 14.5. The number of anilines is 2. The Hall–Kier alpha value is -3.59. The van der Waals surface area contributed by atoms with Crippen LogP contribution < -0.4 is 10.6 Å². The topological polar surface area (TPSA) is 108 Å². The summed E-state index contributed by atoms with van der Waals surface area (Å²) in [6, 6.07) is 7.62. The van der Waals surface area contributed by atoms with Crippen molar-refractivity contribution >= 4 is 40.2 Å². The molecule has 3 N–H and O–H groups in total. The number of fused-ring (bicyclic) bond motifs is 1. The molecule has 0 atom stereocenters. The van der Waals surface area contributed by atoms with Gasteiger partial charge in [-0.3, -0.25) is 4.79 Å². The van der Waals surface area contributed by atoms with Gasteiger partial charge in [0, 0.05) is 19.3 Å². The minimum absolute atomic E-state index is 0.176. The van der Waals surface area contributed by atoms with Crippen LogP contribution >= 0.6 is 11.6 Å². The third-order valence-electron chi connectivity index (χ3n) is 3.97. The molecule has 140 valence electrons. The number of nitrogens with one attached hydrogen (secondary N) is 3. The highest BCUT2D eigenvalue weighted by molar-refractivity contribution is 6.33. The number of benzene rings is 1. The predicted octanol–water partition coefficient (Wildman–Crippen LogP) is 3.31. The van der Waals surface area contributed by atoms with Crippen LogP contribution in [0.3, 0.4) is 0 Å². The number of imidazole rings is 1. The Morgan fingerprint density at radius 2 is 2.07 bits per heavy atom. The monoisotopic (exact) mass is 397 g/mol. The van der Waals surface area contributed by atoms with E-state index in [1.807, 2.05) is 0 Å². The van der Waals surface area contributed by atoms with Gasteiger partial charge in [-0.15, -0.1) is 0 Å². The van der Waals surface area contributed by atoms with E-state index in [4.69, 9.17) is 11.6 Å². The van der Waals surface area contributed by atoms with E-state index in [2.05, 4.69) is 35.6 Å². The fourth-order valence-corrected chi connectivity index (χ4v) is 2.92. The lowest BCUT2D eigenvalue weighted by molar-refractivity contribution is 0.0958. The molecule has 4 aromatic rings. The van der Waals surface area contributed by atoms with Crippen molar-refractivity contribution < 1.29 is 9.18 Å². The fourth-order valence-electron chi connectivity index (χ4n) is 2.67. The van der Waals surface area contributed by atoms with Gasteiger partial charge < -0.3 is 15.6 Å². The average Bonchev–Trinajstić information content (AvgIpc) is 3.12. The summed E-state index contributed by atoms with van der Waals surface area (Å²) in [4.78, 5) is 31.5. The van der Waals surface area contributed by atoms with Gasteiger partial charge in [0.25, 0.3) is 5.91 Å². The van der Waals surface area contributed by atoms with E-state index in [0.29, 0.717) is 22.7 Å². The minimum atomic E-state index is -0.486. The molecule has 0 radical (unpaired) electrons. The number of hydrogen-bond donors (Lipinski definition) is 3. The summed E-state index contributed by atoms with van der Waals surface area (Å²) in [6.07, 6.45) is 2.83. The van der Waals surface area contributed by atoms with Crippen molar-refractivity contribution in [1.82, 2.24) is 30.2 Å². The van der Waals surface area contributed by atoms with Crippen molar-refractivity contribution in [2.45, 2.75) is 0 Å². The van der Waals surface area contributed by atoms with Gasteiger partial charge in [-0.1, -0.05) is 17.7 Å². The molecule has 0 saturated carbocycles. The largest absolute Gasteiger partial charge is 0.354 e. The van der Waals surface area contributed by atoms with Crippen molar-refractivity contribution in [1.29, 1.82) is 0 Å². The smallest absolute Gasteiger partial charge is 0.269 e. The molecule has 0 spiro atoms. The maximum atomic E-state index is 14.2. The van der Waals surface area contributed by atoms with Gasteiger partial charge in [-0.25, -0.2) is 24.3 Å². The second kappa shape index (κ2) is 7.20. The molecule has 4 rings (SSSR count). The molecule has 1 amide bonds. The summed E-state index contributed by atoms with van der Waals surface area (Å²) >= 11 is 6.14. The third-order valence-corrected chi connectivity index (χ3v) is 4.29. The lowest BCUT2D eigenvalue weighted by Crippen LogP contribution is -2.19. The molecular weight excluding hydrogens is 385 g/mol. The number of aromatic amines is 1. The summed E-state index contributed by atoms with van der Waals surface area (Å²) in [5.41, 5.74) is 1.48. The van der Waals surface area contributed by atoms with E-state index in [1.165, 1.54) is 31.6 Å². The number of hydrogen-bond acceptors (Lipinski definition) is 6. The summed E-state index contributed by atoms with van der Waals surface area (Å²) in [7, 11) is 1.51. The first-order valence-corrected chi connectivity index (χ1v) is 8.55. The van der Waals surface area contributed by atoms with Gasteiger partial charge in [-0.05, 0) is 18.2 Å². The zero-order chi connectivity index (χ0) is 19.7. The molecule has 0 unspecified atom stereocenters. The van der Waals surface area contributed by atoms with Crippen molar-refractivity contribution in [3.05, 3.63) is 59.4 Å². The van der Waals surface area contributed by atoms with Gasteiger partial charge in [0.15, 0.2) is 5.82 Å². The van der Waals surface area contributed by atoms with E-state index in [-0.39, 0.29) is 28.0 Å². The van der Waals surface area contributed by atoms with E-state index in [1.54, 1.807) is 18.3 Å². The summed E-state index contributed by atoms with van der Waals surface area (Å²) in [5, 5.41) is 5.75. The zero-order valence-corrected chi connectivity index (χ0v) is 15.3. The quantitative estimate of drug-likeness (QED) is 0.487. The fraction of sp³-hybridized carbons (Fsp3) is 0.0556. The first-order chi connectivity index (χ1) is 13.6. The maximum absolute atomic E-state index is 14.2. The summed E-state index contributed by atoms with van der Waals surface area (Å²) < 4.78 is 14.2. The van der Waals surface area contributed by atoms with Crippen LogP contribution in [0.5, 0.6) is 0 Å². The molecule has 0 aliphatic carbocycles. The Kier molecular flexibility index (Phi) is 4.58. The standard InChI is InChI=1S/C18H13ClFN7O/c1-21-18(28)12-7-13(24-8-23-12)26-17-15-11(5-6-22-17)25-16(27-15)14-9(19)3-2-4-10(14)20/h2-8H,1H3,(H,21,28)(H,25,27)(H,22,23,24,26). The maximum Gasteiger partial charge on any atom is 0.269 e. The predicted molar refractivity (Wildman–Crippen MR) is 103 cm³/mol. The number of carbonyl (C=O) groups is 1. The number of rotatable bonds is 4. The van der Waals surface area contributed by atoms with E-state index < -0.39 is 5.82 Å². The van der Waals surface area contributed by atoms with Gasteiger partial charge in [-0.2, -0.15) is 0 Å². The molecule has 0 saturated heterocycles. The number of halogens is 2. The SMILES string of the molecule is CNC(=O)c1cc(Nc2nccc3[nH]c(-c4c(F)cccc4Cl)nc23)ncn1. The Bertz CT molecular complexity index is 1170. The van der Waals surface area contributed by atoms with E-state index >= 15 is 0 Å². The van der Waals surface area contributed by atoms with Gasteiger partial charge in [0.1, 0.15) is 35.0 Å². The number of amides is 1. The number of aromatic nitrogens is 5. The number of H-pyrrole nitrogens is 1. The summed E-state index contributed by atoms with van der Waals surface area (Å²) in [6.45, 7) is 0. The molecule has 0 aliphatic rings. The Morgan fingerprint density at radius 3 is 2.86 bits per heavy atom. The number of pyridine rings is 1. The molecule has 0 bridgehead atoms. The van der Waals surface area contributed by atoms with Crippen molar-refractivity contribution in [3.63, 3.8) is 0 Å². The van der Waals surface area contributed by atoms with E-state index in [0.717, 1.165) is 0 Å². The van der Waals surface area contributed by atoms with Crippen LogP contribution in [-0.2, 0) is 0 Å². The third kappa shape index (κ3) is 3.23. The van der Waals surface area contributed by atoms with Crippen molar-refractivity contribution in [2.75, 3.05) is 12.4 Å². The normalized spacial score (nSPS) is 10.8. The molecule has 28 heavy (non-hydrogen) atoms. The van der Waals surface area contributed by atoms with Crippen LogP contribution in [0.1, 0.15) is 10.5 Å². The van der Waals surface area contributed by atoms with Crippen molar-refractivity contribution in [3.8, 4) is 11.4 Å². The highest BCUT2D eigenvalue weighted by Crippen LogP contribution is 2.31. The molecule has 10 heteroatoms. The van der Waals surface area contributed by atoms with Gasteiger partial charge in [0.05, 0.1) is 16.1 Å². The number of nitrogens with zero attached hydrogens (tertiary/aromatic N) is 4. The van der Waals surface area contributed by atoms with Gasteiger partial charge >= 0.3 is 0 Å². The molecular formula is C18H13ClFN7O. The number of carbonyl (C=O) groups excluding carboxylic acids is 1. The second-order valence-electron chi connectivity index (χ2n) is 5.73. The average molecular weight is 398 g/mol. The Labute approximate surface area is 163 Å². The lowest BCUT2D eigenvalue weighted by atomic mass is 10.2. The molecule has 3 heterocycles. The molecule has 3 aromatic heterocycles. The highest BCUT2D eigenvalue weighted by atomic mass is 35.5. The molecule has 1 aromatic carbocycles. The first kappa shape index (κ1) is 17.8. The van der Waals surface area contributed by atoms with Gasteiger partial charge in [0.2, 0.25) is 0 Å². The minimum Gasteiger partial charge on any atom is -0.354 e. The van der Waals surface area contributed by atoms with Crippen LogP contribution in [-0.4, -0.2) is 37.9 Å². The Balaban J connectivity index is 1.75. The molecule has 8 nitrogen and oxygen atoms in total. The molecule has 0 fully saturated rings. The molecule has 0 aliphatic heterocycles. The summed E-state index contributed by atoms with van der Waals surface area (Å²) in [5.74, 6) is 0.201. The van der Waals surface area contributed by atoms with Crippen molar-refractivity contribution in [2.24, 2.45) is 0 Å². The first-order valence-electron chi connectivity index (χ1n) is 8.17. The Morgan fingerprint density at radius 1 is 1.21 bits per heavy atom. The highest BCUT2D eigenvalue weighted by Gasteiger charge is 2.16. The van der Waals surface area contributed by atoms with Crippen LogP contribution in [0.15, 0.2) is 42.9 Å². The second-order valence-corrected chi connectivity index (χ2v) is 6.14. The van der Waals surface area contributed by atoms with Crippen LogP contribution in [0.2, 0.25) is 5.02 Å². The van der Waals surface area contributed by atoms with Crippen LogP contribution in [0, 0.1) is 5.82 Å². The van der Waals surface area contributed by atoms with Crippen LogP contribution in [0.4, 0.5) is 16.0 Å². The van der Waals surface area contributed by atoms with Crippen LogP contribution in [0.25, 0.3) is 22.4 Å².